The molecule has 21 heavy (non-hydrogen) atoms. The van der Waals surface area contributed by atoms with E-state index in [0.29, 0.717) is 19.5 Å². The van der Waals surface area contributed by atoms with Crippen molar-refractivity contribution in [2.45, 2.75) is 25.6 Å². The van der Waals surface area contributed by atoms with E-state index in [1.54, 1.807) is 35.4 Å². The standard InChI is InChI=1S/C15H18N4O2/c16-13(9-11-1-3-12(20)4-2-11)15(21)19-8-7-18-6-5-17-14(18)10-19/h1-6,13,20H,7-10,16H2. The van der Waals surface area contributed by atoms with Crippen LogP contribution in [0.25, 0.3) is 0 Å². The number of imidazole rings is 1. The average molecular weight is 286 g/mol. The number of aromatic nitrogens is 2. The van der Waals surface area contributed by atoms with Gasteiger partial charge in [-0.25, -0.2) is 4.98 Å². The van der Waals surface area contributed by atoms with Crippen LogP contribution >= 0.6 is 0 Å². The van der Waals surface area contributed by atoms with Crippen LogP contribution in [-0.4, -0.2) is 38.1 Å². The predicted molar refractivity (Wildman–Crippen MR) is 77.4 cm³/mol. The lowest BCUT2D eigenvalue weighted by Gasteiger charge is -2.29. The number of aromatic hydroxyl groups is 1. The molecule has 1 atom stereocenters. The van der Waals surface area contributed by atoms with Gasteiger partial charge in [-0.1, -0.05) is 12.1 Å². The molecule has 2 heterocycles. The molecule has 0 spiro atoms. The van der Waals surface area contributed by atoms with Crippen LogP contribution < -0.4 is 5.73 Å². The Labute approximate surface area is 122 Å². The van der Waals surface area contributed by atoms with Crippen molar-refractivity contribution >= 4 is 5.91 Å². The lowest BCUT2D eigenvalue weighted by molar-refractivity contribution is -0.134. The van der Waals surface area contributed by atoms with E-state index in [1.165, 1.54) is 0 Å². The molecule has 3 N–H and O–H groups in total. The van der Waals surface area contributed by atoms with Gasteiger partial charge in [0.25, 0.3) is 0 Å². The molecule has 1 amide bonds. The molecule has 1 unspecified atom stereocenters. The number of hydrogen-bond donors (Lipinski definition) is 2. The number of benzene rings is 1. The van der Waals surface area contributed by atoms with Crippen molar-refractivity contribution < 1.29 is 9.90 Å². The first kappa shape index (κ1) is 13.6. The van der Waals surface area contributed by atoms with Crippen molar-refractivity contribution in [2.75, 3.05) is 6.54 Å². The van der Waals surface area contributed by atoms with E-state index in [4.69, 9.17) is 5.73 Å². The third-order valence-electron chi connectivity index (χ3n) is 3.77. The number of carbonyl (C=O) groups is 1. The second-order valence-electron chi connectivity index (χ2n) is 5.27. The van der Waals surface area contributed by atoms with E-state index in [2.05, 4.69) is 9.55 Å². The number of nitrogens with two attached hydrogens (primary N) is 1. The van der Waals surface area contributed by atoms with Gasteiger partial charge in [-0.05, 0) is 24.1 Å². The molecule has 6 nitrogen and oxygen atoms in total. The molecule has 0 radical (unpaired) electrons. The van der Waals surface area contributed by atoms with Gasteiger partial charge in [-0.15, -0.1) is 0 Å². The summed E-state index contributed by atoms with van der Waals surface area (Å²) in [5.74, 6) is 1.05. The third kappa shape index (κ3) is 2.90. The highest BCUT2D eigenvalue weighted by molar-refractivity contribution is 5.82. The maximum Gasteiger partial charge on any atom is 0.240 e. The van der Waals surface area contributed by atoms with Gasteiger partial charge in [0.2, 0.25) is 5.91 Å². The minimum absolute atomic E-state index is 0.0580. The Morgan fingerprint density at radius 1 is 1.33 bits per heavy atom. The molecule has 1 aliphatic heterocycles. The summed E-state index contributed by atoms with van der Waals surface area (Å²) in [6.45, 7) is 1.92. The van der Waals surface area contributed by atoms with Crippen LogP contribution in [0.15, 0.2) is 36.7 Å². The quantitative estimate of drug-likeness (QED) is 0.860. The number of amides is 1. The second kappa shape index (κ2) is 5.57. The fourth-order valence-corrected chi connectivity index (χ4v) is 2.57. The van der Waals surface area contributed by atoms with Crippen LogP contribution in [0, 0.1) is 0 Å². The van der Waals surface area contributed by atoms with E-state index in [0.717, 1.165) is 17.9 Å². The largest absolute Gasteiger partial charge is 0.508 e. The van der Waals surface area contributed by atoms with Crippen molar-refractivity contribution in [1.82, 2.24) is 14.5 Å². The lowest BCUT2D eigenvalue weighted by atomic mass is 10.1. The van der Waals surface area contributed by atoms with E-state index >= 15 is 0 Å². The monoisotopic (exact) mass is 286 g/mol. The van der Waals surface area contributed by atoms with Crippen LogP contribution in [0.1, 0.15) is 11.4 Å². The average Bonchev–Trinajstić information content (AvgIpc) is 2.96. The molecule has 110 valence electrons. The van der Waals surface area contributed by atoms with Crippen molar-refractivity contribution in [3.8, 4) is 5.75 Å². The Morgan fingerprint density at radius 3 is 2.86 bits per heavy atom. The van der Waals surface area contributed by atoms with Gasteiger partial charge in [-0.2, -0.15) is 0 Å². The molecule has 0 bridgehead atoms. The molecule has 1 aromatic carbocycles. The van der Waals surface area contributed by atoms with Crippen molar-refractivity contribution in [3.05, 3.63) is 48.0 Å². The van der Waals surface area contributed by atoms with E-state index in [9.17, 15) is 9.90 Å². The van der Waals surface area contributed by atoms with Gasteiger partial charge < -0.3 is 20.3 Å². The first-order valence-electron chi connectivity index (χ1n) is 6.96. The number of rotatable bonds is 3. The van der Waals surface area contributed by atoms with E-state index in [-0.39, 0.29) is 11.7 Å². The van der Waals surface area contributed by atoms with E-state index < -0.39 is 6.04 Å². The summed E-state index contributed by atoms with van der Waals surface area (Å²) in [5.41, 5.74) is 6.97. The fraction of sp³-hybridized carbons (Fsp3) is 0.333. The summed E-state index contributed by atoms with van der Waals surface area (Å²) in [6, 6.07) is 6.20. The van der Waals surface area contributed by atoms with Crippen LogP contribution in [-0.2, 0) is 24.3 Å². The summed E-state index contributed by atoms with van der Waals surface area (Å²) < 4.78 is 2.05. The van der Waals surface area contributed by atoms with Gasteiger partial charge in [0, 0.05) is 25.5 Å². The summed E-state index contributed by atoms with van der Waals surface area (Å²) >= 11 is 0. The SMILES string of the molecule is NC(Cc1ccc(O)cc1)C(=O)N1CCn2ccnc2C1. The second-order valence-corrected chi connectivity index (χ2v) is 5.27. The smallest absolute Gasteiger partial charge is 0.240 e. The molecular formula is C15H18N4O2. The normalized spacial score (nSPS) is 15.6. The highest BCUT2D eigenvalue weighted by atomic mass is 16.3. The maximum atomic E-state index is 12.4. The number of phenolic OH excluding ortho intramolecular Hbond substituents is 1. The highest BCUT2D eigenvalue weighted by Gasteiger charge is 2.25. The molecule has 2 aromatic rings. The summed E-state index contributed by atoms with van der Waals surface area (Å²) in [4.78, 5) is 18.4. The molecule has 0 saturated heterocycles. The number of fused-ring (bicyclic) bond motifs is 1. The Balaban J connectivity index is 1.64. The molecule has 3 rings (SSSR count). The molecule has 0 aliphatic carbocycles. The minimum Gasteiger partial charge on any atom is -0.508 e. The first-order valence-corrected chi connectivity index (χ1v) is 6.96. The van der Waals surface area contributed by atoms with Gasteiger partial charge in [0.15, 0.2) is 0 Å². The molecule has 0 fully saturated rings. The first-order chi connectivity index (χ1) is 10.1. The van der Waals surface area contributed by atoms with Crippen molar-refractivity contribution in [2.24, 2.45) is 5.73 Å². The zero-order valence-corrected chi connectivity index (χ0v) is 11.6. The minimum atomic E-state index is -0.573. The van der Waals surface area contributed by atoms with Crippen LogP contribution in [0.5, 0.6) is 5.75 Å². The van der Waals surface area contributed by atoms with Crippen molar-refractivity contribution in [3.63, 3.8) is 0 Å². The molecule has 1 aromatic heterocycles. The summed E-state index contributed by atoms with van der Waals surface area (Å²) in [5, 5.41) is 9.26. The topological polar surface area (TPSA) is 84.4 Å². The third-order valence-corrected chi connectivity index (χ3v) is 3.77. The van der Waals surface area contributed by atoms with Crippen LogP contribution in [0.4, 0.5) is 0 Å². The van der Waals surface area contributed by atoms with Gasteiger partial charge in [0.1, 0.15) is 11.6 Å². The Morgan fingerprint density at radius 2 is 2.10 bits per heavy atom. The summed E-state index contributed by atoms with van der Waals surface area (Å²) in [7, 11) is 0. The van der Waals surface area contributed by atoms with Crippen molar-refractivity contribution in [1.29, 1.82) is 0 Å². The Hall–Kier alpha value is -2.34. The zero-order chi connectivity index (χ0) is 14.8. The van der Waals surface area contributed by atoms with Gasteiger partial charge in [0.05, 0.1) is 12.6 Å². The number of carbonyl (C=O) groups excluding carboxylic acids is 1. The number of hydrogen-bond acceptors (Lipinski definition) is 4. The molecular weight excluding hydrogens is 268 g/mol. The Bertz CT molecular complexity index is 635. The predicted octanol–water partition coefficient (Wildman–Crippen LogP) is 0.501. The van der Waals surface area contributed by atoms with Crippen LogP contribution in [0.3, 0.4) is 0 Å². The van der Waals surface area contributed by atoms with E-state index in [1.807, 2.05) is 6.20 Å². The Kier molecular flexibility index (Phi) is 3.62. The fourth-order valence-electron chi connectivity index (χ4n) is 2.57. The maximum absolute atomic E-state index is 12.4. The molecule has 1 aliphatic rings. The van der Waals surface area contributed by atoms with Gasteiger partial charge in [-0.3, -0.25) is 4.79 Å². The highest BCUT2D eigenvalue weighted by Crippen LogP contribution is 2.14. The molecule has 0 saturated carbocycles. The lowest BCUT2D eigenvalue weighted by Crippen LogP contribution is -2.47. The zero-order valence-electron chi connectivity index (χ0n) is 11.6. The number of phenols is 1. The number of nitrogens with zero attached hydrogens (tertiary/aromatic N) is 3. The molecule has 6 heteroatoms. The summed E-state index contributed by atoms with van der Waals surface area (Å²) in [6.07, 6.45) is 4.14. The van der Waals surface area contributed by atoms with Gasteiger partial charge >= 0.3 is 0 Å². The van der Waals surface area contributed by atoms with Crippen LogP contribution in [0.2, 0.25) is 0 Å².